The Bertz CT molecular complexity index is 947. The van der Waals surface area contributed by atoms with Crippen molar-refractivity contribution >= 4 is 23.5 Å². The number of aromatic amines is 1. The number of thioether (sulfide) groups is 1. The molecule has 0 fully saturated rings. The molecule has 1 aliphatic rings. The van der Waals surface area contributed by atoms with E-state index in [2.05, 4.69) is 20.6 Å². The maximum atomic E-state index is 13.2. The highest BCUT2D eigenvalue weighted by Gasteiger charge is 2.30. The van der Waals surface area contributed by atoms with Crippen LogP contribution in [0.25, 0.3) is 5.69 Å². The quantitative estimate of drug-likeness (QED) is 0.739. The van der Waals surface area contributed by atoms with Crippen LogP contribution in [-0.4, -0.2) is 31.6 Å². The number of anilines is 1. The van der Waals surface area contributed by atoms with Crippen LogP contribution in [0.4, 0.5) is 10.2 Å². The molecule has 1 atom stereocenters. The van der Waals surface area contributed by atoms with Gasteiger partial charge in [-0.1, -0.05) is 0 Å². The lowest BCUT2D eigenvalue weighted by molar-refractivity contribution is -0.113. The van der Waals surface area contributed by atoms with Crippen LogP contribution in [0, 0.1) is 19.7 Å². The van der Waals surface area contributed by atoms with E-state index >= 15 is 0 Å². The molecule has 3 heterocycles. The minimum absolute atomic E-state index is 0.0538. The van der Waals surface area contributed by atoms with Gasteiger partial charge in [-0.05, 0) is 38.1 Å². The van der Waals surface area contributed by atoms with Crippen molar-refractivity contribution in [1.82, 2.24) is 20.0 Å². The molecule has 128 valence electrons. The fourth-order valence-electron chi connectivity index (χ4n) is 3.13. The molecule has 0 unspecified atom stereocenters. The third-order valence-corrected chi connectivity index (χ3v) is 5.53. The first-order chi connectivity index (χ1) is 12.0. The van der Waals surface area contributed by atoms with Crippen LogP contribution < -0.4 is 5.32 Å². The first-order valence-electron chi connectivity index (χ1n) is 7.81. The number of hydrogen-bond acceptors (Lipinski definition) is 4. The number of carbonyl (C=O) groups excluding carboxylic acids is 1. The molecule has 0 saturated heterocycles. The summed E-state index contributed by atoms with van der Waals surface area (Å²) in [7, 11) is 0. The predicted octanol–water partition coefficient (Wildman–Crippen LogP) is 3.13. The summed E-state index contributed by atoms with van der Waals surface area (Å²) in [6.45, 7) is 3.93. The lowest BCUT2D eigenvalue weighted by Gasteiger charge is -2.14. The smallest absolute Gasteiger partial charge is 0.235 e. The second-order valence-corrected chi connectivity index (χ2v) is 7.01. The SMILES string of the molecule is Cc1nn(-c2ccc(F)cc2)c(C)c1[C@@H]1SCC(=O)Nc2[nH]ncc21. The Morgan fingerprint density at radius 1 is 1.28 bits per heavy atom. The average molecular weight is 357 g/mol. The van der Waals surface area contributed by atoms with Gasteiger partial charge >= 0.3 is 0 Å². The Hall–Kier alpha value is -2.61. The van der Waals surface area contributed by atoms with Gasteiger partial charge < -0.3 is 5.32 Å². The molecule has 1 amide bonds. The molecule has 0 radical (unpaired) electrons. The molecule has 25 heavy (non-hydrogen) atoms. The van der Waals surface area contributed by atoms with E-state index in [4.69, 9.17) is 0 Å². The fraction of sp³-hybridized carbons (Fsp3) is 0.235. The molecule has 1 aromatic carbocycles. The van der Waals surface area contributed by atoms with Gasteiger partial charge in [-0.25, -0.2) is 9.07 Å². The van der Waals surface area contributed by atoms with Gasteiger partial charge in [-0.3, -0.25) is 9.89 Å². The van der Waals surface area contributed by atoms with Crippen molar-refractivity contribution in [2.24, 2.45) is 0 Å². The maximum Gasteiger partial charge on any atom is 0.235 e. The monoisotopic (exact) mass is 357 g/mol. The summed E-state index contributed by atoms with van der Waals surface area (Å²) in [5.41, 5.74) is 4.62. The van der Waals surface area contributed by atoms with Crippen molar-refractivity contribution in [1.29, 1.82) is 0 Å². The van der Waals surface area contributed by atoms with Crippen LogP contribution in [0.1, 0.15) is 27.8 Å². The van der Waals surface area contributed by atoms with E-state index in [1.807, 2.05) is 18.5 Å². The number of aryl methyl sites for hydroxylation is 1. The van der Waals surface area contributed by atoms with E-state index in [0.717, 1.165) is 28.2 Å². The lowest BCUT2D eigenvalue weighted by atomic mass is 10.0. The third-order valence-electron chi connectivity index (χ3n) is 4.28. The maximum absolute atomic E-state index is 13.2. The van der Waals surface area contributed by atoms with Crippen molar-refractivity contribution in [3.05, 3.63) is 58.8 Å². The molecule has 3 aromatic rings. The number of nitrogens with one attached hydrogen (secondary N) is 2. The first-order valence-corrected chi connectivity index (χ1v) is 8.86. The van der Waals surface area contributed by atoms with Gasteiger partial charge in [0, 0.05) is 16.8 Å². The average Bonchev–Trinajstić information content (AvgIpc) is 3.11. The lowest BCUT2D eigenvalue weighted by Crippen LogP contribution is -2.12. The number of benzene rings is 1. The normalized spacial score (nSPS) is 17.1. The molecule has 6 nitrogen and oxygen atoms in total. The van der Waals surface area contributed by atoms with Gasteiger partial charge in [-0.2, -0.15) is 10.2 Å². The van der Waals surface area contributed by atoms with E-state index in [1.54, 1.807) is 30.1 Å². The standard InChI is InChI=1S/C17H16FN5OS/c1-9-15(10(2)23(22-9)12-5-3-11(18)4-6-12)16-13-7-19-21-17(13)20-14(24)8-25-16/h3-7,16H,8H2,1-2H3,(H2,19,20,21,24)/t16-/m1/s1. The Balaban J connectivity index is 1.82. The number of H-pyrrole nitrogens is 1. The highest BCUT2D eigenvalue weighted by Crippen LogP contribution is 2.43. The molecule has 0 spiro atoms. The van der Waals surface area contributed by atoms with Crippen LogP contribution in [0.3, 0.4) is 0 Å². The zero-order valence-electron chi connectivity index (χ0n) is 13.7. The molecule has 0 bridgehead atoms. The van der Waals surface area contributed by atoms with Gasteiger partial charge in [-0.15, -0.1) is 11.8 Å². The molecule has 0 aliphatic carbocycles. The Morgan fingerprint density at radius 3 is 2.80 bits per heavy atom. The third kappa shape index (κ3) is 2.72. The summed E-state index contributed by atoms with van der Waals surface area (Å²) < 4.78 is 15.0. The zero-order valence-corrected chi connectivity index (χ0v) is 14.5. The van der Waals surface area contributed by atoms with Crippen LogP contribution in [0.2, 0.25) is 0 Å². The summed E-state index contributed by atoms with van der Waals surface area (Å²) in [4.78, 5) is 11.9. The highest BCUT2D eigenvalue weighted by atomic mass is 32.2. The number of carbonyl (C=O) groups is 1. The number of halogens is 1. The molecule has 4 rings (SSSR count). The summed E-state index contributed by atoms with van der Waals surface area (Å²) in [6, 6.07) is 6.24. The van der Waals surface area contributed by atoms with Crippen LogP contribution in [0.15, 0.2) is 30.5 Å². The fourth-order valence-corrected chi connectivity index (χ4v) is 4.38. The summed E-state index contributed by atoms with van der Waals surface area (Å²) in [5.74, 6) is 0.651. The number of amides is 1. The first kappa shape index (κ1) is 15.9. The number of nitrogens with zero attached hydrogens (tertiary/aromatic N) is 3. The van der Waals surface area contributed by atoms with Crippen LogP contribution >= 0.6 is 11.8 Å². The Morgan fingerprint density at radius 2 is 2.04 bits per heavy atom. The van der Waals surface area contributed by atoms with Crippen molar-refractivity contribution in [3.8, 4) is 5.69 Å². The van der Waals surface area contributed by atoms with Gasteiger partial charge in [0.15, 0.2) is 0 Å². The molecule has 2 aromatic heterocycles. The zero-order chi connectivity index (χ0) is 17.6. The summed E-state index contributed by atoms with van der Waals surface area (Å²) in [5, 5.41) is 14.3. The van der Waals surface area contributed by atoms with E-state index < -0.39 is 0 Å². The number of fused-ring (bicyclic) bond motifs is 1. The summed E-state index contributed by atoms with van der Waals surface area (Å²) in [6.07, 6.45) is 1.74. The number of hydrogen-bond donors (Lipinski definition) is 2. The van der Waals surface area contributed by atoms with E-state index in [9.17, 15) is 9.18 Å². The van der Waals surface area contributed by atoms with Crippen LogP contribution in [0.5, 0.6) is 0 Å². The molecular formula is C17H16FN5OS. The van der Waals surface area contributed by atoms with E-state index in [1.165, 1.54) is 12.1 Å². The van der Waals surface area contributed by atoms with Crippen molar-refractivity contribution in [2.45, 2.75) is 19.1 Å². The molecule has 1 aliphatic heterocycles. The van der Waals surface area contributed by atoms with Gasteiger partial charge in [0.1, 0.15) is 11.6 Å². The predicted molar refractivity (Wildman–Crippen MR) is 94.5 cm³/mol. The Kier molecular flexibility index (Phi) is 3.84. The van der Waals surface area contributed by atoms with Gasteiger partial charge in [0.25, 0.3) is 0 Å². The largest absolute Gasteiger partial charge is 0.310 e. The van der Waals surface area contributed by atoms with Crippen molar-refractivity contribution in [2.75, 3.05) is 11.1 Å². The molecule has 2 N–H and O–H groups in total. The number of aromatic nitrogens is 4. The van der Waals surface area contributed by atoms with Crippen molar-refractivity contribution in [3.63, 3.8) is 0 Å². The minimum Gasteiger partial charge on any atom is -0.310 e. The Labute approximate surface area is 147 Å². The molecule has 0 saturated carbocycles. The van der Waals surface area contributed by atoms with Crippen molar-refractivity contribution < 1.29 is 9.18 Å². The summed E-state index contributed by atoms with van der Waals surface area (Å²) >= 11 is 1.55. The molecule has 8 heteroatoms. The van der Waals surface area contributed by atoms with Crippen LogP contribution in [-0.2, 0) is 4.79 Å². The number of rotatable bonds is 2. The van der Waals surface area contributed by atoms with E-state index in [-0.39, 0.29) is 17.0 Å². The second kappa shape index (κ2) is 6.03. The minimum atomic E-state index is -0.280. The topological polar surface area (TPSA) is 75.6 Å². The van der Waals surface area contributed by atoms with Gasteiger partial charge in [0.05, 0.1) is 28.6 Å². The second-order valence-electron chi connectivity index (χ2n) is 5.91. The van der Waals surface area contributed by atoms with Gasteiger partial charge in [0.2, 0.25) is 5.91 Å². The van der Waals surface area contributed by atoms with E-state index in [0.29, 0.717) is 11.6 Å². The highest BCUT2D eigenvalue weighted by molar-refractivity contribution is 8.00. The molecular weight excluding hydrogens is 341 g/mol.